The third-order valence-electron chi connectivity index (χ3n) is 3.00. The fourth-order valence-electron chi connectivity index (χ4n) is 1.85. The third-order valence-corrected chi connectivity index (χ3v) is 3.00. The van der Waals surface area contributed by atoms with E-state index in [1.165, 1.54) is 0 Å². The largest absolute Gasteiger partial charge is 0.454 e. The topological polar surface area (TPSA) is 47.3 Å². The van der Waals surface area contributed by atoms with Gasteiger partial charge in [0.25, 0.3) is 0 Å². The summed E-state index contributed by atoms with van der Waals surface area (Å²) in [5, 5.41) is 14.2. The predicted octanol–water partition coefficient (Wildman–Crippen LogP) is 3.70. The molecule has 102 valence electrons. The first-order chi connectivity index (χ1) is 9.11. The zero-order valence-electron chi connectivity index (χ0n) is 11.6. The molecule has 0 spiro atoms. The van der Waals surface area contributed by atoms with Gasteiger partial charge in [0.2, 0.25) is 0 Å². The van der Waals surface area contributed by atoms with E-state index in [2.05, 4.69) is 18.9 Å². The molecule has 2 aromatic rings. The summed E-state index contributed by atoms with van der Waals surface area (Å²) in [6, 6.07) is 7.85. The fourth-order valence-corrected chi connectivity index (χ4v) is 1.85. The minimum absolute atomic E-state index is 0.300. The van der Waals surface area contributed by atoms with Gasteiger partial charge in [-0.1, -0.05) is 25.1 Å². The van der Waals surface area contributed by atoms with E-state index in [-0.39, 0.29) is 0 Å². The first-order valence-electron chi connectivity index (χ1n) is 6.60. The van der Waals surface area contributed by atoms with Gasteiger partial charge in [0.15, 0.2) is 5.75 Å². The van der Waals surface area contributed by atoms with Crippen molar-refractivity contribution >= 4 is 0 Å². The second kappa shape index (κ2) is 5.89. The lowest BCUT2D eigenvalue weighted by Crippen LogP contribution is -2.00. The third kappa shape index (κ3) is 3.15. The summed E-state index contributed by atoms with van der Waals surface area (Å²) < 4.78 is 7.66. The lowest BCUT2D eigenvalue weighted by atomic mass is 10.1. The van der Waals surface area contributed by atoms with Crippen molar-refractivity contribution in [3.05, 3.63) is 42.2 Å². The van der Waals surface area contributed by atoms with Crippen LogP contribution >= 0.6 is 0 Å². The highest BCUT2D eigenvalue weighted by atomic mass is 16.5. The Morgan fingerprint density at radius 1 is 1.32 bits per heavy atom. The molecule has 1 heterocycles. The molecule has 19 heavy (non-hydrogen) atoms. The Morgan fingerprint density at radius 2 is 2.05 bits per heavy atom. The van der Waals surface area contributed by atoms with E-state index < -0.39 is 6.10 Å². The molecule has 1 N–H and O–H groups in total. The molecular weight excluding hydrogens is 240 g/mol. The molecule has 4 heteroatoms. The molecule has 0 amide bonds. The highest BCUT2D eigenvalue weighted by molar-refractivity contribution is 5.38. The van der Waals surface area contributed by atoms with Crippen LogP contribution in [0.25, 0.3) is 0 Å². The van der Waals surface area contributed by atoms with Gasteiger partial charge in [-0.2, -0.15) is 5.10 Å². The molecule has 1 unspecified atom stereocenters. The van der Waals surface area contributed by atoms with Gasteiger partial charge in [0, 0.05) is 11.6 Å². The Balaban J connectivity index is 2.22. The second-order valence-corrected chi connectivity index (χ2v) is 4.81. The van der Waals surface area contributed by atoms with Gasteiger partial charge < -0.3 is 9.84 Å². The number of rotatable bonds is 5. The van der Waals surface area contributed by atoms with Crippen LogP contribution in [0.5, 0.6) is 11.5 Å². The molecule has 1 aromatic heterocycles. The van der Waals surface area contributed by atoms with Crippen molar-refractivity contribution in [3.8, 4) is 11.5 Å². The van der Waals surface area contributed by atoms with Crippen LogP contribution in [0.3, 0.4) is 0 Å². The molecule has 0 bridgehead atoms. The molecule has 0 fully saturated rings. The summed E-state index contributed by atoms with van der Waals surface area (Å²) in [7, 11) is 0. The van der Waals surface area contributed by atoms with Gasteiger partial charge in [-0.15, -0.1) is 0 Å². The Kier molecular flexibility index (Phi) is 4.22. The number of hydrogen-bond acceptors (Lipinski definition) is 3. The van der Waals surface area contributed by atoms with Crippen LogP contribution in [0, 0.1) is 0 Å². The van der Waals surface area contributed by atoms with Crippen molar-refractivity contribution in [2.75, 3.05) is 0 Å². The molecule has 0 aliphatic carbocycles. The lowest BCUT2D eigenvalue weighted by molar-refractivity contribution is 0.170. The van der Waals surface area contributed by atoms with Gasteiger partial charge >= 0.3 is 0 Å². The molecule has 1 atom stereocenters. The van der Waals surface area contributed by atoms with Crippen LogP contribution in [0.4, 0.5) is 0 Å². The van der Waals surface area contributed by atoms with Crippen LogP contribution in [-0.2, 0) is 0 Å². The maximum absolute atomic E-state index is 9.98. The van der Waals surface area contributed by atoms with Gasteiger partial charge in [0.1, 0.15) is 5.75 Å². The van der Waals surface area contributed by atoms with E-state index in [0.29, 0.717) is 24.0 Å². The van der Waals surface area contributed by atoms with Crippen LogP contribution < -0.4 is 4.74 Å². The van der Waals surface area contributed by atoms with E-state index in [1.807, 2.05) is 42.1 Å². The first-order valence-corrected chi connectivity index (χ1v) is 6.60. The summed E-state index contributed by atoms with van der Waals surface area (Å²) in [5.74, 6) is 1.37. The van der Waals surface area contributed by atoms with E-state index in [0.717, 1.165) is 5.56 Å². The molecule has 4 nitrogen and oxygen atoms in total. The maximum Gasteiger partial charge on any atom is 0.165 e. The Labute approximate surface area is 113 Å². The highest BCUT2D eigenvalue weighted by Gasteiger charge is 2.12. The van der Waals surface area contributed by atoms with Crippen molar-refractivity contribution in [2.24, 2.45) is 0 Å². The van der Waals surface area contributed by atoms with Gasteiger partial charge in [-0.05, 0) is 26.3 Å². The average molecular weight is 260 g/mol. The minimum atomic E-state index is -0.503. The molecule has 0 saturated carbocycles. The number of ether oxygens (including phenoxy) is 1. The minimum Gasteiger partial charge on any atom is -0.454 e. The van der Waals surface area contributed by atoms with Crippen molar-refractivity contribution in [2.45, 2.75) is 39.3 Å². The van der Waals surface area contributed by atoms with Crippen LogP contribution in [-0.4, -0.2) is 14.9 Å². The summed E-state index contributed by atoms with van der Waals surface area (Å²) >= 11 is 0. The van der Waals surface area contributed by atoms with Crippen molar-refractivity contribution in [1.29, 1.82) is 0 Å². The second-order valence-electron chi connectivity index (χ2n) is 4.81. The Bertz CT molecular complexity index is 534. The van der Waals surface area contributed by atoms with Crippen molar-refractivity contribution < 1.29 is 9.84 Å². The monoisotopic (exact) mass is 260 g/mol. The molecule has 0 radical (unpaired) electrons. The fraction of sp³-hybridized carbons (Fsp3) is 0.400. The van der Waals surface area contributed by atoms with Gasteiger partial charge in [0.05, 0.1) is 18.5 Å². The van der Waals surface area contributed by atoms with E-state index in [9.17, 15) is 5.11 Å². The van der Waals surface area contributed by atoms with E-state index >= 15 is 0 Å². The Morgan fingerprint density at radius 3 is 2.68 bits per heavy atom. The standard InChI is InChI=1S/C15H20N2O2/c1-4-14(18)13-7-5-6-8-15(13)19-12-9-16-17(10-12)11(2)3/h5-11,14,18H,4H2,1-3H3. The van der Waals surface area contributed by atoms with Crippen LogP contribution in [0.15, 0.2) is 36.7 Å². The summed E-state index contributed by atoms with van der Waals surface area (Å²) in [5.41, 5.74) is 0.808. The van der Waals surface area contributed by atoms with Crippen LogP contribution in [0.2, 0.25) is 0 Å². The number of aliphatic hydroxyl groups excluding tert-OH is 1. The zero-order valence-corrected chi connectivity index (χ0v) is 11.6. The van der Waals surface area contributed by atoms with E-state index in [4.69, 9.17) is 4.74 Å². The summed E-state index contributed by atoms with van der Waals surface area (Å²) in [6.07, 6.45) is 3.71. The predicted molar refractivity (Wildman–Crippen MR) is 74.4 cm³/mol. The molecule has 0 saturated heterocycles. The summed E-state index contributed by atoms with van der Waals surface area (Å²) in [4.78, 5) is 0. The van der Waals surface area contributed by atoms with Crippen molar-refractivity contribution in [3.63, 3.8) is 0 Å². The number of hydrogen-bond donors (Lipinski definition) is 1. The van der Waals surface area contributed by atoms with Crippen molar-refractivity contribution in [1.82, 2.24) is 9.78 Å². The zero-order chi connectivity index (χ0) is 13.8. The quantitative estimate of drug-likeness (QED) is 0.891. The number of nitrogens with zero attached hydrogens (tertiary/aromatic N) is 2. The first kappa shape index (κ1) is 13.6. The molecule has 0 aliphatic heterocycles. The Hall–Kier alpha value is -1.81. The highest BCUT2D eigenvalue weighted by Crippen LogP contribution is 2.30. The smallest absolute Gasteiger partial charge is 0.165 e. The summed E-state index contributed by atoms with van der Waals surface area (Å²) in [6.45, 7) is 6.06. The number of aliphatic hydroxyl groups is 1. The lowest BCUT2D eigenvalue weighted by Gasteiger charge is -2.13. The number of benzene rings is 1. The molecule has 1 aromatic carbocycles. The number of aromatic nitrogens is 2. The molecule has 2 rings (SSSR count). The van der Waals surface area contributed by atoms with Crippen LogP contribution in [0.1, 0.15) is 44.9 Å². The number of para-hydroxylation sites is 1. The van der Waals surface area contributed by atoms with Gasteiger partial charge in [-0.25, -0.2) is 0 Å². The maximum atomic E-state index is 9.98. The van der Waals surface area contributed by atoms with E-state index in [1.54, 1.807) is 6.20 Å². The average Bonchev–Trinajstić information content (AvgIpc) is 2.87. The molecule has 0 aliphatic rings. The SMILES string of the molecule is CCC(O)c1ccccc1Oc1cnn(C(C)C)c1. The molecular formula is C15H20N2O2. The normalized spacial score (nSPS) is 12.7. The van der Waals surface area contributed by atoms with Gasteiger partial charge in [-0.3, -0.25) is 4.68 Å².